The van der Waals surface area contributed by atoms with Gasteiger partial charge in [0.2, 0.25) is 0 Å². The number of hydrogen-bond acceptors (Lipinski definition) is 4. The van der Waals surface area contributed by atoms with Crippen LogP contribution in [0.15, 0.2) is 0 Å². The van der Waals surface area contributed by atoms with Crippen molar-refractivity contribution in [3.05, 3.63) is 0 Å². The zero-order chi connectivity index (χ0) is 3.58. The second-order valence-electron chi connectivity index (χ2n) is 0.250. The van der Waals surface area contributed by atoms with Gasteiger partial charge in [0.1, 0.15) is 0 Å². The van der Waals surface area contributed by atoms with Crippen molar-refractivity contribution in [2.75, 3.05) is 0 Å². The van der Waals surface area contributed by atoms with E-state index in [1.807, 2.05) is 0 Å². The van der Waals surface area contributed by atoms with Crippen LogP contribution in [0.3, 0.4) is 0 Å². The Morgan fingerprint density at radius 3 is 1.29 bits per heavy atom. The van der Waals surface area contributed by atoms with E-state index >= 15 is 0 Å². The first-order valence-electron chi connectivity index (χ1n) is 0.612. The molecule has 0 amide bonds. The molecule has 0 aliphatic heterocycles. The molecule has 0 saturated heterocycles. The molecular formula is CHLiMgO4. The smallest absolute Gasteiger partial charge is 0.870 e. The first-order valence-corrected chi connectivity index (χ1v) is 0.612. The van der Waals surface area contributed by atoms with Crippen LogP contribution in [0.4, 0.5) is 4.79 Å². The summed E-state index contributed by atoms with van der Waals surface area (Å²) in [7, 11) is 0. The standard InChI is InChI=1S/CH2O3.Li.Mg.H2O/c2-1(3)4;;;/h(H2,2,3,4);;;1H2/q;+1;+2;/p-3. The average molecular weight is 108 g/mol. The Kier molecular flexibility index (Phi) is 58.3. The van der Waals surface area contributed by atoms with Gasteiger partial charge in [-0.15, -0.1) is 0 Å². The van der Waals surface area contributed by atoms with Crippen LogP contribution >= 0.6 is 0 Å². The summed E-state index contributed by atoms with van der Waals surface area (Å²) in [5.74, 6) is 0. The summed E-state index contributed by atoms with van der Waals surface area (Å²) in [5.41, 5.74) is 0. The van der Waals surface area contributed by atoms with Gasteiger partial charge in [-0.3, -0.25) is 0 Å². The van der Waals surface area contributed by atoms with E-state index in [-0.39, 0.29) is 47.4 Å². The number of carbonyl (C=O) groups excluding carboxylic acids is 1. The average Bonchev–Trinajstić information content (AvgIpc) is 0.811. The number of rotatable bonds is 0. The van der Waals surface area contributed by atoms with Crippen molar-refractivity contribution in [1.29, 1.82) is 0 Å². The molecule has 0 spiro atoms. The van der Waals surface area contributed by atoms with Crippen molar-refractivity contribution in [1.82, 2.24) is 0 Å². The maximum absolute atomic E-state index is 8.33. The van der Waals surface area contributed by atoms with Crippen LogP contribution in [-0.4, -0.2) is 34.7 Å². The van der Waals surface area contributed by atoms with Crippen molar-refractivity contribution < 1.29 is 39.3 Å². The Hall–Kier alpha value is 0.594. The van der Waals surface area contributed by atoms with Gasteiger partial charge in [0.05, 0.1) is 0 Å². The SMILES string of the molecule is O=C([O-])[O-].[Li+].[Mg+2].[OH-]. The summed E-state index contributed by atoms with van der Waals surface area (Å²) in [6, 6.07) is 0. The Bertz CT molecular complexity index is 34.7. The minimum atomic E-state index is -2.33. The van der Waals surface area contributed by atoms with Crippen LogP contribution in [0, 0.1) is 0 Å². The maximum atomic E-state index is 8.33. The molecular weight excluding hydrogens is 107 g/mol. The van der Waals surface area contributed by atoms with Crippen molar-refractivity contribution in [2.24, 2.45) is 0 Å². The van der Waals surface area contributed by atoms with Crippen molar-refractivity contribution in [3.8, 4) is 0 Å². The Morgan fingerprint density at radius 1 is 1.29 bits per heavy atom. The first kappa shape index (κ1) is 25.6. The summed E-state index contributed by atoms with van der Waals surface area (Å²) in [4.78, 5) is 8.33. The molecule has 32 valence electrons. The van der Waals surface area contributed by atoms with E-state index in [1.165, 1.54) is 0 Å². The molecule has 0 aliphatic carbocycles. The van der Waals surface area contributed by atoms with Crippen molar-refractivity contribution >= 4 is 29.2 Å². The fraction of sp³-hybridized carbons (Fsp3) is 0. The fourth-order valence-electron chi connectivity index (χ4n) is 0. The fourth-order valence-corrected chi connectivity index (χ4v) is 0. The van der Waals surface area contributed by atoms with Crippen molar-refractivity contribution in [3.63, 3.8) is 0 Å². The number of hydrogen-bond donors (Lipinski definition) is 0. The summed E-state index contributed by atoms with van der Waals surface area (Å²) in [6.45, 7) is 0. The molecule has 6 heteroatoms. The van der Waals surface area contributed by atoms with Gasteiger partial charge in [0, 0.05) is 0 Å². The third-order valence-electron chi connectivity index (χ3n) is 0. The van der Waals surface area contributed by atoms with Gasteiger partial charge in [0.15, 0.2) is 0 Å². The Labute approximate surface area is 68.5 Å². The van der Waals surface area contributed by atoms with Gasteiger partial charge in [-0.25, -0.2) is 0 Å². The Balaban J connectivity index is -0.0000000150. The normalized spacial score (nSPS) is 3.43. The van der Waals surface area contributed by atoms with Gasteiger partial charge >= 0.3 is 41.9 Å². The molecule has 0 heterocycles. The van der Waals surface area contributed by atoms with Gasteiger partial charge in [0.25, 0.3) is 0 Å². The van der Waals surface area contributed by atoms with Crippen LogP contribution in [0.2, 0.25) is 0 Å². The summed E-state index contributed by atoms with van der Waals surface area (Å²) in [5, 5.41) is 16.7. The van der Waals surface area contributed by atoms with Crippen LogP contribution in [0.25, 0.3) is 0 Å². The molecule has 0 rings (SSSR count). The Morgan fingerprint density at radius 2 is 1.29 bits per heavy atom. The minimum absolute atomic E-state index is 0. The van der Waals surface area contributed by atoms with Gasteiger partial charge in [-0.05, 0) is 6.16 Å². The van der Waals surface area contributed by atoms with E-state index in [0.29, 0.717) is 0 Å². The summed E-state index contributed by atoms with van der Waals surface area (Å²) < 4.78 is 0. The molecule has 0 fully saturated rings. The minimum Gasteiger partial charge on any atom is -0.870 e. The van der Waals surface area contributed by atoms with E-state index in [1.54, 1.807) is 0 Å². The molecule has 0 aromatic rings. The molecule has 0 bridgehead atoms. The van der Waals surface area contributed by atoms with Gasteiger partial charge < -0.3 is 20.5 Å². The van der Waals surface area contributed by atoms with E-state index in [9.17, 15) is 0 Å². The quantitative estimate of drug-likeness (QED) is 0.289. The van der Waals surface area contributed by atoms with Gasteiger partial charge in [-0.2, -0.15) is 0 Å². The van der Waals surface area contributed by atoms with Crippen LogP contribution in [0.5, 0.6) is 0 Å². The van der Waals surface area contributed by atoms with E-state index in [2.05, 4.69) is 0 Å². The monoisotopic (exact) mass is 108 g/mol. The molecule has 0 unspecified atom stereocenters. The number of carboxylic acid groups (broad SMARTS) is 2. The molecule has 0 radical (unpaired) electrons. The predicted molar refractivity (Wildman–Crippen MR) is 13.1 cm³/mol. The second-order valence-corrected chi connectivity index (χ2v) is 0.250. The topological polar surface area (TPSA) is 93.2 Å². The maximum Gasteiger partial charge on any atom is 2.00 e. The molecule has 0 saturated carbocycles. The largest absolute Gasteiger partial charge is 2.00 e. The van der Waals surface area contributed by atoms with E-state index < -0.39 is 6.16 Å². The molecule has 4 nitrogen and oxygen atoms in total. The molecule has 1 N–H and O–H groups in total. The molecule has 0 atom stereocenters. The third-order valence-corrected chi connectivity index (χ3v) is 0. The summed E-state index contributed by atoms with van der Waals surface area (Å²) >= 11 is 0. The third kappa shape index (κ3) is 395. The number of carbonyl (C=O) groups is 1. The molecule has 0 aliphatic rings. The van der Waals surface area contributed by atoms with Gasteiger partial charge in [-0.1, -0.05) is 0 Å². The van der Waals surface area contributed by atoms with E-state index in [4.69, 9.17) is 15.0 Å². The predicted octanol–water partition coefficient (Wildman–Crippen LogP) is -6.00. The molecule has 0 aromatic heterocycles. The molecule has 7 heavy (non-hydrogen) atoms. The van der Waals surface area contributed by atoms with Crippen LogP contribution in [0.1, 0.15) is 0 Å². The van der Waals surface area contributed by atoms with Crippen LogP contribution in [-0.2, 0) is 0 Å². The first-order chi connectivity index (χ1) is 1.73. The molecule has 0 aromatic carbocycles. The summed E-state index contributed by atoms with van der Waals surface area (Å²) in [6.07, 6.45) is -2.33. The van der Waals surface area contributed by atoms with E-state index in [0.717, 1.165) is 0 Å². The second kappa shape index (κ2) is 16.0. The van der Waals surface area contributed by atoms with Crippen molar-refractivity contribution in [2.45, 2.75) is 0 Å². The van der Waals surface area contributed by atoms with Crippen LogP contribution < -0.4 is 29.1 Å². The zero-order valence-corrected chi connectivity index (χ0v) is 5.29. The zero-order valence-electron chi connectivity index (χ0n) is 3.88.